The number of carbonyl (C=O) groups is 3. The van der Waals surface area contributed by atoms with Gasteiger partial charge in [-0.15, -0.1) is 0 Å². The smallest absolute Gasteiger partial charge is 0.311 e. The maximum Gasteiger partial charge on any atom is 0.311 e. The highest BCUT2D eigenvalue weighted by Crippen LogP contribution is 2.33. The number of esters is 1. The number of nitrogens with zero attached hydrogens (tertiary/aromatic N) is 2. The molecule has 2 aromatic rings. The first-order valence-electron chi connectivity index (χ1n) is 9.45. The van der Waals surface area contributed by atoms with Crippen LogP contribution in [0.15, 0.2) is 42.5 Å². The Bertz CT molecular complexity index is 1040. The molecule has 1 N–H and O–H groups in total. The van der Waals surface area contributed by atoms with Crippen LogP contribution < -0.4 is 15.0 Å². The Labute approximate surface area is 177 Å². The highest BCUT2D eigenvalue weighted by molar-refractivity contribution is 6.01. The average molecular weight is 427 g/mol. The molecule has 3 rings (SSSR count). The fraction of sp³-hybridized carbons (Fsp3) is 0.286. The van der Waals surface area contributed by atoms with Gasteiger partial charge in [-0.2, -0.15) is 0 Å². The van der Waals surface area contributed by atoms with Gasteiger partial charge in [-0.05, 0) is 25.1 Å². The number of amides is 2. The molecule has 31 heavy (non-hydrogen) atoms. The number of rotatable bonds is 7. The van der Waals surface area contributed by atoms with E-state index in [1.54, 1.807) is 31.2 Å². The summed E-state index contributed by atoms with van der Waals surface area (Å²) in [5.74, 6) is -1.77. The number of hydrogen-bond acceptors (Lipinski definition) is 7. The van der Waals surface area contributed by atoms with Crippen molar-refractivity contribution in [3.63, 3.8) is 0 Å². The molecule has 162 valence electrons. The van der Waals surface area contributed by atoms with Crippen molar-refractivity contribution in [3.8, 4) is 5.75 Å². The van der Waals surface area contributed by atoms with E-state index in [-0.39, 0.29) is 30.2 Å². The van der Waals surface area contributed by atoms with Crippen molar-refractivity contribution in [2.24, 2.45) is 5.92 Å². The molecule has 0 spiro atoms. The van der Waals surface area contributed by atoms with Crippen LogP contribution in [-0.2, 0) is 19.1 Å². The number of nitrogens with one attached hydrogen (secondary N) is 1. The summed E-state index contributed by atoms with van der Waals surface area (Å²) in [5.41, 5.74) is 1.11. The molecule has 0 aromatic heterocycles. The van der Waals surface area contributed by atoms with E-state index >= 15 is 0 Å². The number of ether oxygens (including phenoxy) is 2. The Hall–Kier alpha value is -3.95. The summed E-state index contributed by atoms with van der Waals surface area (Å²) < 4.78 is 10.3. The normalized spacial score (nSPS) is 15.5. The molecule has 0 saturated carbocycles. The summed E-state index contributed by atoms with van der Waals surface area (Å²) in [4.78, 5) is 48.7. The molecule has 0 unspecified atom stereocenters. The van der Waals surface area contributed by atoms with Gasteiger partial charge in [0.1, 0.15) is 5.75 Å². The molecule has 1 heterocycles. The first kappa shape index (κ1) is 21.8. The van der Waals surface area contributed by atoms with Crippen LogP contribution in [-0.4, -0.2) is 43.0 Å². The van der Waals surface area contributed by atoms with Gasteiger partial charge in [0.05, 0.1) is 23.6 Å². The lowest BCUT2D eigenvalue weighted by Crippen LogP contribution is -2.28. The van der Waals surface area contributed by atoms with Crippen LogP contribution in [0.3, 0.4) is 0 Å². The third-order valence-corrected chi connectivity index (χ3v) is 4.87. The van der Waals surface area contributed by atoms with Crippen molar-refractivity contribution in [3.05, 3.63) is 58.1 Å². The molecule has 1 atom stereocenters. The minimum Gasteiger partial charge on any atom is -0.495 e. The largest absolute Gasteiger partial charge is 0.495 e. The predicted molar refractivity (Wildman–Crippen MR) is 111 cm³/mol. The summed E-state index contributed by atoms with van der Waals surface area (Å²) in [6.45, 7) is 1.13. The maximum absolute atomic E-state index is 12.4. The highest BCUT2D eigenvalue weighted by atomic mass is 16.6. The predicted octanol–water partition coefficient (Wildman–Crippen LogP) is 2.45. The molecule has 1 fully saturated rings. The van der Waals surface area contributed by atoms with Crippen LogP contribution in [0.2, 0.25) is 0 Å². The molecule has 2 amide bonds. The van der Waals surface area contributed by atoms with Gasteiger partial charge in [-0.25, -0.2) is 0 Å². The zero-order valence-electron chi connectivity index (χ0n) is 17.0. The number of aryl methyl sites for hydroxylation is 1. The number of hydrogen-bond donors (Lipinski definition) is 1. The molecule has 1 aliphatic heterocycles. The van der Waals surface area contributed by atoms with Crippen molar-refractivity contribution in [1.82, 2.24) is 0 Å². The van der Waals surface area contributed by atoms with E-state index in [9.17, 15) is 24.5 Å². The third kappa shape index (κ3) is 4.97. The van der Waals surface area contributed by atoms with E-state index in [4.69, 9.17) is 9.47 Å². The number of nitro benzene ring substituents is 1. The maximum atomic E-state index is 12.4. The molecular formula is C21H21N3O7. The topological polar surface area (TPSA) is 128 Å². The third-order valence-electron chi connectivity index (χ3n) is 4.87. The minimum absolute atomic E-state index is 0.0390. The lowest BCUT2D eigenvalue weighted by Gasteiger charge is -2.19. The fourth-order valence-electron chi connectivity index (χ4n) is 3.29. The van der Waals surface area contributed by atoms with Gasteiger partial charge in [0.15, 0.2) is 6.61 Å². The molecular weight excluding hydrogens is 406 g/mol. The zero-order chi connectivity index (χ0) is 22.5. The van der Waals surface area contributed by atoms with Gasteiger partial charge in [0, 0.05) is 30.3 Å². The second-order valence-electron chi connectivity index (χ2n) is 6.99. The lowest BCUT2D eigenvalue weighted by atomic mass is 10.1. The SMILES string of the molecule is COc1ccccc1N1C[C@@H](C(=O)OCC(=O)Nc2ccc(C)c([N+](=O)[O-])c2)CC1=O. The Morgan fingerprint density at radius 1 is 1.26 bits per heavy atom. The Morgan fingerprint density at radius 3 is 2.71 bits per heavy atom. The van der Waals surface area contributed by atoms with Crippen molar-refractivity contribution >= 4 is 34.8 Å². The van der Waals surface area contributed by atoms with E-state index in [0.717, 1.165) is 0 Å². The summed E-state index contributed by atoms with van der Waals surface area (Å²) in [5, 5.41) is 13.5. The number of nitro groups is 1. The van der Waals surface area contributed by atoms with Crippen molar-refractivity contribution in [2.45, 2.75) is 13.3 Å². The second kappa shape index (κ2) is 9.24. The Balaban J connectivity index is 1.56. The van der Waals surface area contributed by atoms with Crippen LogP contribution in [0, 0.1) is 23.0 Å². The van der Waals surface area contributed by atoms with Gasteiger partial charge in [0.25, 0.3) is 11.6 Å². The number of anilines is 2. The molecule has 1 saturated heterocycles. The zero-order valence-corrected chi connectivity index (χ0v) is 17.0. The summed E-state index contributed by atoms with van der Waals surface area (Å²) in [7, 11) is 1.49. The minimum atomic E-state index is -0.717. The van der Waals surface area contributed by atoms with Crippen LogP contribution in [0.4, 0.5) is 17.1 Å². The van der Waals surface area contributed by atoms with E-state index < -0.39 is 29.3 Å². The molecule has 0 radical (unpaired) electrons. The van der Waals surface area contributed by atoms with E-state index in [1.807, 2.05) is 0 Å². The Morgan fingerprint density at radius 2 is 2.00 bits per heavy atom. The summed E-state index contributed by atoms with van der Waals surface area (Å²) >= 11 is 0. The quantitative estimate of drug-likeness (QED) is 0.408. The van der Waals surface area contributed by atoms with Crippen molar-refractivity contribution in [1.29, 1.82) is 0 Å². The van der Waals surface area contributed by atoms with E-state index in [1.165, 1.54) is 30.2 Å². The highest BCUT2D eigenvalue weighted by Gasteiger charge is 2.37. The molecule has 1 aliphatic rings. The van der Waals surface area contributed by atoms with Gasteiger partial charge in [-0.3, -0.25) is 24.5 Å². The van der Waals surface area contributed by atoms with E-state index in [2.05, 4.69) is 5.32 Å². The standard InChI is InChI=1S/C21H21N3O7/c1-13-7-8-15(10-17(13)24(28)29)22-19(25)12-31-21(27)14-9-20(26)23(11-14)16-5-3-4-6-18(16)30-2/h3-8,10,14H,9,11-12H2,1-2H3,(H,22,25)/t14-/m0/s1. The number of methoxy groups -OCH3 is 1. The molecule has 0 aliphatic carbocycles. The van der Waals surface area contributed by atoms with Crippen molar-refractivity contribution in [2.75, 3.05) is 30.5 Å². The average Bonchev–Trinajstić information content (AvgIpc) is 3.14. The van der Waals surface area contributed by atoms with Crippen LogP contribution >= 0.6 is 0 Å². The van der Waals surface area contributed by atoms with Crippen LogP contribution in [0.25, 0.3) is 0 Å². The Kier molecular flexibility index (Phi) is 6.49. The van der Waals surface area contributed by atoms with Crippen LogP contribution in [0.1, 0.15) is 12.0 Å². The van der Waals surface area contributed by atoms with Crippen LogP contribution in [0.5, 0.6) is 5.75 Å². The van der Waals surface area contributed by atoms with Gasteiger partial charge in [0.2, 0.25) is 5.91 Å². The molecule has 10 nitrogen and oxygen atoms in total. The van der Waals surface area contributed by atoms with Gasteiger partial charge >= 0.3 is 5.97 Å². The first-order chi connectivity index (χ1) is 14.8. The van der Waals surface area contributed by atoms with Gasteiger partial charge < -0.3 is 19.7 Å². The van der Waals surface area contributed by atoms with E-state index in [0.29, 0.717) is 17.0 Å². The number of carbonyl (C=O) groups excluding carboxylic acids is 3. The number of para-hydroxylation sites is 2. The summed E-state index contributed by atoms with van der Waals surface area (Å²) in [6, 6.07) is 11.2. The second-order valence-corrected chi connectivity index (χ2v) is 6.99. The number of benzene rings is 2. The molecule has 0 bridgehead atoms. The lowest BCUT2D eigenvalue weighted by molar-refractivity contribution is -0.385. The van der Waals surface area contributed by atoms with Crippen molar-refractivity contribution < 1.29 is 28.8 Å². The monoisotopic (exact) mass is 427 g/mol. The fourth-order valence-corrected chi connectivity index (χ4v) is 3.29. The molecule has 10 heteroatoms. The summed E-state index contributed by atoms with van der Waals surface area (Å²) in [6.07, 6.45) is -0.0390. The molecule has 2 aromatic carbocycles. The van der Waals surface area contributed by atoms with Gasteiger partial charge in [-0.1, -0.05) is 18.2 Å². The first-order valence-corrected chi connectivity index (χ1v) is 9.45.